The Morgan fingerprint density at radius 1 is 1.50 bits per heavy atom. The summed E-state index contributed by atoms with van der Waals surface area (Å²) >= 11 is 0. The lowest BCUT2D eigenvalue weighted by molar-refractivity contribution is -0.144. The van der Waals surface area contributed by atoms with Gasteiger partial charge in [-0.3, -0.25) is 4.79 Å². The van der Waals surface area contributed by atoms with E-state index in [-0.39, 0.29) is 30.3 Å². The van der Waals surface area contributed by atoms with Crippen LogP contribution in [0.25, 0.3) is 0 Å². The number of carboxylic acid groups (broad SMARTS) is 1. The fraction of sp³-hybridized carbons (Fsp3) is 0.875. The Bertz CT molecular complexity index is 163. The maximum absolute atomic E-state index is 10.6. The molecule has 1 saturated carbocycles. The molecule has 4 heteroatoms. The standard InChI is InChI=1S/C8H15NO2.ClH/c1-5-4-6(9)2-3-7(5)8(10)11;/h5-7H,2-4,9H2,1H3,(H,10,11);1H/t5-,6-,7+;/m1./s1. The van der Waals surface area contributed by atoms with Gasteiger partial charge in [0, 0.05) is 6.04 Å². The summed E-state index contributed by atoms with van der Waals surface area (Å²) in [4.78, 5) is 10.6. The van der Waals surface area contributed by atoms with E-state index in [2.05, 4.69) is 0 Å². The zero-order valence-electron chi connectivity index (χ0n) is 7.19. The molecular formula is C8H16ClNO2. The van der Waals surface area contributed by atoms with Crippen LogP contribution < -0.4 is 5.73 Å². The highest BCUT2D eigenvalue weighted by atomic mass is 35.5. The predicted molar refractivity (Wildman–Crippen MR) is 49.4 cm³/mol. The van der Waals surface area contributed by atoms with Gasteiger partial charge in [0.2, 0.25) is 0 Å². The molecule has 72 valence electrons. The smallest absolute Gasteiger partial charge is 0.306 e. The average Bonchev–Trinajstić information content (AvgIpc) is 1.85. The number of carbonyl (C=O) groups is 1. The second kappa shape index (κ2) is 4.67. The largest absolute Gasteiger partial charge is 0.481 e. The molecule has 12 heavy (non-hydrogen) atoms. The molecule has 3 N–H and O–H groups in total. The molecule has 1 aliphatic carbocycles. The van der Waals surface area contributed by atoms with E-state index in [9.17, 15) is 4.79 Å². The van der Waals surface area contributed by atoms with E-state index >= 15 is 0 Å². The van der Waals surface area contributed by atoms with E-state index in [4.69, 9.17) is 10.8 Å². The van der Waals surface area contributed by atoms with Crippen molar-refractivity contribution < 1.29 is 9.90 Å². The van der Waals surface area contributed by atoms with E-state index < -0.39 is 5.97 Å². The maximum atomic E-state index is 10.6. The lowest BCUT2D eigenvalue weighted by Crippen LogP contribution is -2.35. The molecule has 1 rings (SSSR count). The van der Waals surface area contributed by atoms with Gasteiger partial charge in [-0.15, -0.1) is 12.4 Å². The first-order valence-corrected chi connectivity index (χ1v) is 4.09. The van der Waals surface area contributed by atoms with Crippen LogP contribution in [0.5, 0.6) is 0 Å². The Balaban J connectivity index is 0.00000121. The molecule has 3 nitrogen and oxygen atoms in total. The van der Waals surface area contributed by atoms with E-state index in [1.807, 2.05) is 6.92 Å². The van der Waals surface area contributed by atoms with Gasteiger partial charge in [-0.25, -0.2) is 0 Å². The van der Waals surface area contributed by atoms with Gasteiger partial charge < -0.3 is 10.8 Å². The molecule has 0 unspecified atom stereocenters. The fourth-order valence-corrected chi connectivity index (χ4v) is 1.80. The second-order valence-electron chi connectivity index (χ2n) is 3.50. The van der Waals surface area contributed by atoms with Crippen molar-refractivity contribution in [1.82, 2.24) is 0 Å². The van der Waals surface area contributed by atoms with Crippen molar-refractivity contribution in [1.29, 1.82) is 0 Å². The predicted octanol–water partition coefficient (Wildman–Crippen LogP) is 1.26. The summed E-state index contributed by atoms with van der Waals surface area (Å²) in [6.45, 7) is 1.97. The van der Waals surface area contributed by atoms with Crippen LogP contribution >= 0.6 is 12.4 Å². The molecule has 0 aromatic rings. The first-order valence-electron chi connectivity index (χ1n) is 4.09. The van der Waals surface area contributed by atoms with Gasteiger partial charge in [0.15, 0.2) is 0 Å². The van der Waals surface area contributed by atoms with Gasteiger partial charge in [0.05, 0.1) is 5.92 Å². The third-order valence-electron chi connectivity index (χ3n) is 2.53. The first kappa shape index (κ1) is 11.7. The van der Waals surface area contributed by atoms with Gasteiger partial charge in [0.1, 0.15) is 0 Å². The third kappa shape index (κ3) is 2.64. The molecule has 0 amide bonds. The quantitative estimate of drug-likeness (QED) is 0.659. The highest BCUT2D eigenvalue weighted by Crippen LogP contribution is 2.28. The summed E-state index contributed by atoms with van der Waals surface area (Å²) in [5.74, 6) is -0.574. The van der Waals surface area contributed by atoms with Crippen molar-refractivity contribution in [3.05, 3.63) is 0 Å². The molecule has 0 heterocycles. The zero-order chi connectivity index (χ0) is 8.43. The van der Waals surface area contributed by atoms with Crippen molar-refractivity contribution in [2.75, 3.05) is 0 Å². The number of hydrogen-bond acceptors (Lipinski definition) is 2. The van der Waals surface area contributed by atoms with E-state index in [0.717, 1.165) is 19.3 Å². The van der Waals surface area contributed by atoms with Gasteiger partial charge in [-0.2, -0.15) is 0 Å². The number of halogens is 1. The minimum atomic E-state index is -0.663. The SMILES string of the molecule is C[C@@H]1C[C@H](N)CC[C@@H]1C(=O)O.Cl. The molecular weight excluding hydrogens is 178 g/mol. The summed E-state index contributed by atoms with van der Waals surface area (Å²) in [5, 5.41) is 8.75. The summed E-state index contributed by atoms with van der Waals surface area (Å²) in [5.41, 5.74) is 5.69. The summed E-state index contributed by atoms with van der Waals surface area (Å²) in [6, 6.07) is 0.223. The van der Waals surface area contributed by atoms with Crippen molar-refractivity contribution in [3.8, 4) is 0 Å². The molecule has 0 aromatic heterocycles. The van der Waals surface area contributed by atoms with E-state index in [0.29, 0.717) is 0 Å². The van der Waals surface area contributed by atoms with Crippen LogP contribution in [-0.2, 0) is 4.79 Å². The molecule has 0 aromatic carbocycles. The zero-order valence-corrected chi connectivity index (χ0v) is 8.01. The summed E-state index contributed by atoms with van der Waals surface area (Å²) < 4.78 is 0. The maximum Gasteiger partial charge on any atom is 0.306 e. The van der Waals surface area contributed by atoms with Crippen LogP contribution in [0.15, 0.2) is 0 Å². The molecule has 0 spiro atoms. The van der Waals surface area contributed by atoms with Crippen LogP contribution in [-0.4, -0.2) is 17.1 Å². The number of carboxylic acids is 1. The molecule has 1 aliphatic rings. The minimum Gasteiger partial charge on any atom is -0.481 e. The van der Waals surface area contributed by atoms with Crippen molar-refractivity contribution >= 4 is 18.4 Å². The minimum absolute atomic E-state index is 0. The number of nitrogens with two attached hydrogens (primary N) is 1. The Labute approximate surface area is 78.7 Å². The van der Waals surface area contributed by atoms with Crippen molar-refractivity contribution in [2.45, 2.75) is 32.2 Å². The topological polar surface area (TPSA) is 63.3 Å². The Kier molecular flexibility index (Phi) is 4.57. The summed E-state index contributed by atoms with van der Waals surface area (Å²) in [6.07, 6.45) is 2.47. The van der Waals surface area contributed by atoms with Gasteiger partial charge in [0.25, 0.3) is 0 Å². The molecule has 1 fully saturated rings. The molecule has 0 bridgehead atoms. The average molecular weight is 194 g/mol. The van der Waals surface area contributed by atoms with E-state index in [1.165, 1.54) is 0 Å². The molecule has 0 saturated heterocycles. The first-order chi connectivity index (χ1) is 5.11. The van der Waals surface area contributed by atoms with E-state index in [1.54, 1.807) is 0 Å². The third-order valence-corrected chi connectivity index (χ3v) is 2.53. The molecule has 0 radical (unpaired) electrons. The van der Waals surface area contributed by atoms with Gasteiger partial charge >= 0.3 is 5.97 Å². The van der Waals surface area contributed by atoms with Crippen LogP contribution in [0.3, 0.4) is 0 Å². The Hall–Kier alpha value is -0.280. The highest BCUT2D eigenvalue weighted by Gasteiger charge is 2.30. The normalized spacial score (nSPS) is 35.3. The summed E-state index contributed by atoms with van der Waals surface area (Å²) in [7, 11) is 0. The molecule has 0 aliphatic heterocycles. The lowest BCUT2D eigenvalue weighted by Gasteiger charge is -2.29. The van der Waals surface area contributed by atoms with Crippen LogP contribution in [0.2, 0.25) is 0 Å². The Morgan fingerprint density at radius 3 is 2.50 bits per heavy atom. The Morgan fingerprint density at radius 2 is 2.08 bits per heavy atom. The lowest BCUT2D eigenvalue weighted by atomic mass is 9.78. The second-order valence-corrected chi connectivity index (χ2v) is 3.50. The monoisotopic (exact) mass is 193 g/mol. The van der Waals surface area contributed by atoms with Gasteiger partial charge in [-0.05, 0) is 25.2 Å². The van der Waals surface area contributed by atoms with Crippen molar-refractivity contribution in [3.63, 3.8) is 0 Å². The number of rotatable bonds is 1. The van der Waals surface area contributed by atoms with Crippen molar-refractivity contribution in [2.24, 2.45) is 17.6 Å². The fourth-order valence-electron chi connectivity index (χ4n) is 1.80. The van der Waals surface area contributed by atoms with Gasteiger partial charge in [-0.1, -0.05) is 6.92 Å². The highest BCUT2D eigenvalue weighted by molar-refractivity contribution is 5.85. The number of aliphatic carboxylic acids is 1. The van der Waals surface area contributed by atoms with Crippen LogP contribution in [0.1, 0.15) is 26.2 Å². The van der Waals surface area contributed by atoms with Crippen LogP contribution in [0, 0.1) is 11.8 Å². The number of hydrogen-bond donors (Lipinski definition) is 2. The van der Waals surface area contributed by atoms with Crippen LogP contribution in [0.4, 0.5) is 0 Å². The molecule has 3 atom stereocenters.